The second-order valence-electron chi connectivity index (χ2n) is 1.77. The van der Waals surface area contributed by atoms with Crippen LogP contribution in [0.2, 0.25) is 0 Å². The van der Waals surface area contributed by atoms with Gasteiger partial charge >= 0.3 is 23.1 Å². The fraction of sp³-hybridized carbons (Fsp3) is 0.300. The van der Waals surface area contributed by atoms with Crippen LogP contribution in [0.5, 0.6) is 0 Å². The first-order chi connectivity index (χ1) is 4.93. The molecule has 0 atom stereocenters. The summed E-state index contributed by atoms with van der Waals surface area (Å²) in [5, 5.41) is 0. The van der Waals surface area contributed by atoms with Crippen LogP contribution >= 0.6 is 17.0 Å². The normalized spacial score (nSPS) is 6.58. The molecule has 0 saturated heterocycles. The fourth-order valence-corrected chi connectivity index (χ4v) is 0.650. The molecule has 0 aliphatic heterocycles. The molecule has 64 valence electrons. The van der Waals surface area contributed by atoms with Crippen molar-refractivity contribution >= 4 is 40.0 Å². The van der Waals surface area contributed by atoms with E-state index in [2.05, 4.69) is 26.0 Å². The monoisotopic (exact) mass is 238 g/mol. The molecule has 0 aliphatic carbocycles. The first-order valence-electron chi connectivity index (χ1n) is 3.59. The standard InChI is InChI=1S/C8H9.C2H5.BrH.Mg/c1-2-8-6-4-3-5-7-8;1-2;;/h3-4,6-7H,2H2,1H3;1H2,2H3;1H;/q2*-1;;+2. The van der Waals surface area contributed by atoms with Gasteiger partial charge in [-0.05, 0) is 0 Å². The van der Waals surface area contributed by atoms with Crippen molar-refractivity contribution in [2.24, 2.45) is 0 Å². The van der Waals surface area contributed by atoms with Gasteiger partial charge in [0.2, 0.25) is 0 Å². The second kappa shape index (κ2) is 14.0. The van der Waals surface area contributed by atoms with Crippen molar-refractivity contribution < 1.29 is 0 Å². The molecule has 0 aliphatic rings. The van der Waals surface area contributed by atoms with Crippen LogP contribution in [0.25, 0.3) is 0 Å². The van der Waals surface area contributed by atoms with Gasteiger partial charge in [-0.15, -0.1) is 17.0 Å². The first-order valence-corrected chi connectivity index (χ1v) is 3.59. The molecular formula is C10H15BrMg. The molecule has 0 unspecified atom stereocenters. The van der Waals surface area contributed by atoms with Crippen molar-refractivity contribution in [3.05, 3.63) is 42.8 Å². The van der Waals surface area contributed by atoms with Crippen LogP contribution in [0, 0.1) is 13.0 Å². The Bertz CT molecular complexity index is 151. The van der Waals surface area contributed by atoms with E-state index in [1.165, 1.54) is 5.56 Å². The van der Waals surface area contributed by atoms with Crippen LogP contribution in [-0.4, -0.2) is 23.1 Å². The average molecular weight is 239 g/mol. The van der Waals surface area contributed by atoms with Crippen molar-refractivity contribution in [2.75, 3.05) is 0 Å². The van der Waals surface area contributed by atoms with Gasteiger partial charge in [0.25, 0.3) is 0 Å². The van der Waals surface area contributed by atoms with Gasteiger partial charge in [-0.1, -0.05) is 13.3 Å². The summed E-state index contributed by atoms with van der Waals surface area (Å²) in [5.41, 5.74) is 1.35. The van der Waals surface area contributed by atoms with Gasteiger partial charge in [-0.3, -0.25) is 0 Å². The Kier molecular flexibility index (Phi) is 21.4. The van der Waals surface area contributed by atoms with Gasteiger partial charge in [-0.25, -0.2) is 0 Å². The van der Waals surface area contributed by atoms with Gasteiger partial charge in [0.15, 0.2) is 0 Å². The Morgan fingerprint density at radius 2 is 2.00 bits per heavy atom. The summed E-state index contributed by atoms with van der Waals surface area (Å²) in [4.78, 5) is 0. The zero-order valence-electron chi connectivity index (χ0n) is 7.84. The van der Waals surface area contributed by atoms with Crippen LogP contribution in [0.1, 0.15) is 19.4 Å². The van der Waals surface area contributed by atoms with Crippen LogP contribution in [0.4, 0.5) is 0 Å². The Balaban J connectivity index is -0.000000189. The van der Waals surface area contributed by atoms with Crippen LogP contribution < -0.4 is 0 Å². The number of rotatable bonds is 1. The molecule has 0 fully saturated rings. The molecule has 0 aromatic heterocycles. The number of aryl methyl sites for hydroxylation is 1. The summed E-state index contributed by atoms with van der Waals surface area (Å²) >= 11 is 0. The summed E-state index contributed by atoms with van der Waals surface area (Å²) in [6.45, 7) is 7.14. The number of hydrogen-bond donors (Lipinski definition) is 0. The van der Waals surface area contributed by atoms with Crippen molar-refractivity contribution in [2.45, 2.75) is 20.3 Å². The molecule has 0 spiro atoms. The van der Waals surface area contributed by atoms with Crippen molar-refractivity contribution in [3.8, 4) is 0 Å². The smallest absolute Gasteiger partial charge is 0.346 e. The van der Waals surface area contributed by atoms with Gasteiger partial charge in [0.05, 0.1) is 0 Å². The summed E-state index contributed by atoms with van der Waals surface area (Å²) < 4.78 is 0. The van der Waals surface area contributed by atoms with E-state index in [1.807, 2.05) is 18.2 Å². The maximum Gasteiger partial charge on any atom is 2.00 e. The largest absolute Gasteiger partial charge is 2.00 e. The van der Waals surface area contributed by atoms with Gasteiger partial charge in [0.1, 0.15) is 0 Å². The third-order valence-corrected chi connectivity index (χ3v) is 1.18. The number of benzene rings is 1. The summed E-state index contributed by atoms with van der Waals surface area (Å²) in [5.74, 6) is 0. The fourth-order valence-electron chi connectivity index (χ4n) is 0.650. The van der Waals surface area contributed by atoms with E-state index in [0.717, 1.165) is 6.42 Å². The molecule has 1 aromatic rings. The quantitative estimate of drug-likeness (QED) is 0.522. The van der Waals surface area contributed by atoms with Crippen LogP contribution in [0.15, 0.2) is 24.3 Å². The minimum absolute atomic E-state index is 0. The first kappa shape index (κ1) is 18.3. The van der Waals surface area contributed by atoms with Gasteiger partial charge in [0, 0.05) is 0 Å². The number of halogens is 1. The van der Waals surface area contributed by atoms with Gasteiger partial charge in [-0.2, -0.15) is 42.8 Å². The Morgan fingerprint density at radius 1 is 1.42 bits per heavy atom. The Hall–Kier alpha value is 0.466. The SMILES string of the molecule is Br.CCc1c[c-]ccc1.[CH2-]C.[Mg+2]. The molecule has 0 saturated carbocycles. The molecule has 0 bridgehead atoms. The van der Waals surface area contributed by atoms with E-state index >= 15 is 0 Å². The Labute approximate surface area is 103 Å². The van der Waals surface area contributed by atoms with Crippen LogP contribution in [-0.2, 0) is 6.42 Å². The third-order valence-electron chi connectivity index (χ3n) is 1.18. The predicted octanol–water partition coefficient (Wildman–Crippen LogP) is 3.09. The van der Waals surface area contributed by atoms with E-state index in [9.17, 15) is 0 Å². The van der Waals surface area contributed by atoms with Crippen molar-refractivity contribution in [3.63, 3.8) is 0 Å². The van der Waals surface area contributed by atoms with E-state index in [-0.39, 0.29) is 40.0 Å². The molecule has 0 amide bonds. The molecule has 2 heteroatoms. The van der Waals surface area contributed by atoms with Gasteiger partial charge < -0.3 is 6.92 Å². The molecule has 0 nitrogen and oxygen atoms in total. The molecular weight excluding hydrogens is 224 g/mol. The summed E-state index contributed by atoms with van der Waals surface area (Å²) in [6.07, 6.45) is 1.11. The Morgan fingerprint density at radius 3 is 2.25 bits per heavy atom. The van der Waals surface area contributed by atoms with Crippen molar-refractivity contribution in [1.82, 2.24) is 0 Å². The summed E-state index contributed by atoms with van der Waals surface area (Å²) in [7, 11) is 0. The maximum atomic E-state index is 3.25. The van der Waals surface area contributed by atoms with Crippen LogP contribution in [0.3, 0.4) is 0 Å². The molecule has 1 rings (SSSR count). The number of hydrogen-bond acceptors (Lipinski definition) is 0. The van der Waals surface area contributed by atoms with E-state index < -0.39 is 0 Å². The average Bonchev–Trinajstić information content (AvgIpc) is 2.10. The zero-order chi connectivity index (χ0) is 7.82. The molecule has 12 heavy (non-hydrogen) atoms. The van der Waals surface area contributed by atoms with Crippen molar-refractivity contribution in [1.29, 1.82) is 0 Å². The minimum Gasteiger partial charge on any atom is -0.346 e. The minimum atomic E-state index is 0. The topological polar surface area (TPSA) is 0 Å². The molecule has 0 heterocycles. The second-order valence-corrected chi connectivity index (χ2v) is 1.77. The molecule has 1 aromatic carbocycles. The van der Waals surface area contributed by atoms with E-state index in [4.69, 9.17) is 0 Å². The zero-order valence-corrected chi connectivity index (χ0v) is 11.0. The van der Waals surface area contributed by atoms with E-state index in [0.29, 0.717) is 0 Å². The molecule has 0 radical (unpaired) electrons. The summed E-state index contributed by atoms with van der Waals surface area (Å²) in [6, 6.07) is 11.1. The maximum absolute atomic E-state index is 3.25. The third kappa shape index (κ3) is 8.56. The van der Waals surface area contributed by atoms with E-state index in [1.54, 1.807) is 6.92 Å². The molecule has 0 N–H and O–H groups in total. The predicted molar refractivity (Wildman–Crippen MR) is 61.8 cm³/mol.